The van der Waals surface area contributed by atoms with Crippen molar-refractivity contribution in [3.05, 3.63) is 0 Å². The molecule has 0 aromatic carbocycles. The van der Waals surface area contributed by atoms with E-state index in [2.05, 4.69) is 5.14 Å². The van der Waals surface area contributed by atoms with Crippen LogP contribution in [-0.4, -0.2) is 25.5 Å². The van der Waals surface area contributed by atoms with Gasteiger partial charge in [0.2, 0.25) is 0 Å². The van der Waals surface area contributed by atoms with Crippen molar-refractivity contribution >= 4 is 16.2 Å². The number of nitrogens with two attached hydrogens (primary N) is 1. The van der Waals surface area contributed by atoms with Gasteiger partial charge in [-0.05, 0) is 6.92 Å². The molecule has 0 aliphatic rings. The molecule has 6 nitrogen and oxygen atoms in total. The zero-order chi connectivity index (χ0) is 8.36. The summed E-state index contributed by atoms with van der Waals surface area (Å²) < 4.78 is 22.0. The Kier molecular flexibility index (Phi) is 2.76. The number of hydrogen-bond donors (Lipinski definition) is 3. The lowest BCUT2D eigenvalue weighted by Crippen LogP contribution is -2.41. The van der Waals surface area contributed by atoms with E-state index in [-0.39, 0.29) is 0 Å². The average Bonchev–Trinajstić information content (AvgIpc) is 1.60. The number of aliphatic carboxylic acids is 1. The van der Waals surface area contributed by atoms with E-state index in [9.17, 15) is 13.2 Å². The number of carbonyl (C=O) groups is 1. The minimum absolute atomic E-state index is 1.17. The zero-order valence-electron chi connectivity index (χ0n) is 5.23. The Balaban J connectivity index is 4.06. The van der Waals surface area contributed by atoms with Gasteiger partial charge in [0.25, 0.3) is 10.2 Å². The Labute approximate surface area is 58.2 Å². The van der Waals surface area contributed by atoms with Crippen molar-refractivity contribution in [2.45, 2.75) is 13.0 Å². The Morgan fingerprint density at radius 1 is 1.70 bits per heavy atom. The van der Waals surface area contributed by atoms with Crippen LogP contribution in [0.15, 0.2) is 0 Å². The van der Waals surface area contributed by atoms with Gasteiger partial charge in [-0.3, -0.25) is 4.79 Å². The number of carboxylic acids is 1. The van der Waals surface area contributed by atoms with Crippen molar-refractivity contribution < 1.29 is 18.3 Å². The third-order valence-corrected chi connectivity index (χ3v) is 1.39. The van der Waals surface area contributed by atoms with Gasteiger partial charge in [0, 0.05) is 0 Å². The standard InChI is InChI=1S/C3H8N2O4S/c1-2(3(6)7)5-10(4,8)9/h2,5H,1H3,(H,6,7)(H2,4,8,9)/t2-/m1/s1. The largest absolute Gasteiger partial charge is 0.480 e. The van der Waals surface area contributed by atoms with Crippen LogP contribution in [0.2, 0.25) is 0 Å². The summed E-state index contributed by atoms with van der Waals surface area (Å²) in [7, 11) is -3.90. The van der Waals surface area contributed by atoms with E-state index < -0.39 is 22.2 Å². The highest BCUT2D eigenvalue weighted by atomic mass is 32.2. The maximum atomic E-state index is 10.1. The van der Waals surface area contributed by atoms with Crippen molar-refractivity contribution in [1.29, 1.82) is 0 Å². The summed E-state index contributed by atoms with van der Waals surface area (Å²) in [5.74, 6) is -1.27. The quantitative estimate of drug-likeness (QED) is 0.464. The molecular formula is C3H8N2O4S. The van der Waals surface area contributed by atoms with Crippen LogP contribution in [0.1, 0.15) is 6.92 Å². The van der Waals surface area contributed by atoms with Crippen molar-refractivity contribution in [2.24, 2.45) is 5.14 Å². The molecule has 0 amide bonds. The lowest BCUT2D eigenvalue weighted by atomic mass is 10.4. The van der Waals surface area contributed by atoms with E-state index >= 15 is 0 Å². The molecule has 0 aromatic rings. The van der Waals surface area contributed by atoms with Gasteiger partial charge in [-0.15, -0.1) is 0 Å². The number of hydrogen-bond acceptors (Lipinski definition) is 3. The molecule has 0 spiro atoms. The Morgan fingerprint density at radius 3 is 2.20 bits per heavy atom. The van der Waals surface area contributed by atoms with Gasteiger partial charge < -0.3 is 5.11 Å². The van der Waals surface area contributed by atoms with E-state index in [1.807, 2.05) is 0 Å². The average molecular weight is 168 g/mol. The molecule has 10 heavy (non-hydrogen) atoms. The Hall–Kier alpha value is -0.660. The summed E-state index contributed by atoms with van der Waals surface area (Å²) in [6.45, 7) is 1.17. The number of rotatable bonds is 3. The molecule has 0 fully saturated rings. The molecule has 0 radical (unpaired) electrons. The summed E-state index contributed by atoms with van der Waals surface area (Å²) in [6.07, 6.45) is 0. The summed E-state index contributed by atoms with van der Waals surface area (Å²) in [5, 5.41) is 12.6. The molecule has 0 aliphatic carbocycles. The van der Waals surface area contributed by atoms with Crippen molar-refractivity contribution in [2.75, 3.05) is 0 Å². The van der Waals surface area contributed by atoms with E-state index in [0.717, 1.165) is 0 Å². The van der Waals surface area contributed by atoms with Crippen molar-refractivity contribution in [1.82, 2.24) is 4.72 Å². The van der Waals surface area contributed by atoms with E-state index in [4.69, 9.17) is 5.11 Å². The maximum absolute atomic E-state index is 10.1. The van der Waals surface area contributed by atoms with Crippen LogP contribution in [0, 0.1) is 0 Å². The molecule has 0 unspecified atom stereocenters. The van der Waals surface area contributed by atoms with E-state index in [1.54, 1.807) is 4.72 Å². The molecule has 0 saturated heterocycles. The van der Waals surface area contributed by atoms with E-state index in [1.165, 1.54) is 6.92 Å². The second-order valence-corrected chi connectivity index (χ2v) is 3.05. The first-order chi connectivity index (χ1) is 4.33. The van der Waals surface area contributed by atoms with Gasteiger partial charge in [-0.25, -0.2) is 5.14 Å². The SMILES string of the molecule is C[C@@H](NS(N)(=O)=O)C(=O)O. The lowest BCUT2D eigenvalue weighted by Gasteiger charge is -2.04. The lowest BCUT2D eigenvalue weighted by molar-refractivity contribution is -0.138. The normalized spacial score (nSPS) is 14.6. The van der Waals surface area contributed by atoms with Gasteiger partial charge in [0.1, 0.15) is 6.04 Å². The van der Waals surface area contributed by atoms with Crippen LogP contribution in [0.4, 0.5) is 0 Å². The second-order valence-electron chi connectivity index (χ2n) is 1.72. The summed E-state index contributed by atoms with van der Waals surface area (Å²) in [4.78, 5) is 9.99. The third kappa shape index (κ3) is 4.24. The fourth-order valence-corrected chi connectivity index (χ4v) is 0.890. The highest BCUT2D eigenvalue weighted by Gasteiger charge is 2.14. The zero-order valence-corrected chi connectivity index (χ0v) is 6.05. The van der Waals surface area contributed by atoms with Crippen LogP contribution in [0.3, 0.4) is 0 Å². The summed E-state index contributed by atoms with van der Waals surface area (Å²) in [5.41, 5.74) is 0. The predicted molar refractivity (Wildman–Crippen MR) is 33.3 cm³/mol. The van der Waals surface area contributed by atoms with Crippen molar-refractivity contribution in [3.8, 4) is 0 Å². The first-order valence-corrected chi connectivity index (χ1v) is 3.90. The smallest absolute Gasteiger partial charge is 0.321 e. The summed E-state index contributed by atoms with van der Waals surface area (Å²) in [6, 6.07) is -1.19. The second kappa shape index (κ2) is 2.95. The van der Waals surface area contributed by atoms with Crippen LogP contribution < -0.4 is 9.86 Å². The molecule has 7 heteroatoms. The van der Waals surface area contributed by atoms with E-state index in [0.29, 0.717) is 0 Å². The Morgan fingerprint density at radius 2 is 2.10 bits per heavy atom. The van der Waals surface area contributed by atoms with Gasteiger partial charge in [0.15, 0.2) is 0 Å². The van der Waals surface area contributed by atoms with Crippen LogP contribution in [-0.2, 0) is 15.0 Å². The first-order valence-electron chi connectivity index (χ1n) is 2.36. The molecular weight excluding hydrogens is 160 g/mol. The molecule has 1 atom stereocenters. The first kappa shape index (κ1) is 9.34. The minimum Gasteiger partial charge on any atom is -0.480 e. The van der Waals surface area contributed by atoms with Crippen molar-refractivity contribution in [3.63, 3.8) is 0 Å². The maximum Gasteiger partial charge on any atom is 0.321 e. The Bertz CT molecular complexity index is 221. The molecule has 60 valence electrons. The fraction of sp³-hybridized carbons (Fsp3) is 0.667. The molecule has 0 bridgehead atoms. The molecule has 0 saturated carbocycles. The van der Waals surface area contributed by atoms with Gasteiger partial charge in [-0.2, -0.15) is 13.1 Å². The van der Waals surface area contributed by atoms with Crippen LogP contribution >= 0.6 is 0 Å². The van der Waals surface area contributed by atoms with Gasteiger partial charge in [0.05, 0.1) is 0 Å². The van der Waals surface area contributed by atoms with Gasteiger partial charge >= 0.3 is 5.97 Å². The third-order valence-electron chi connectivity index (χ3n) is 0.711. The molecule has 0 heterocycles. The fourth-order valence-electron chi connectivity index (χ4n) is 0.297. The molecule has 0 aromatic heterocycles. The molecule has 0 aliphatic heterocycles. The van der Waals surface area contributed by atoms with Crippen LogP contribution in [0.25, 0.3) is 0 Å². The number of nitrogens with one attached hydrogen (secondary N) is 1. The van der Waals surface area contributed by atoms with Crippen LogP contribution in [0.5, 0.6) is 0 Å². The predicted octanol–water partition coefficient (Wildman–Crippen LogP) is -1.75. The van der Waals surface area contributed by atoms with Gasteiger partial charge in [-0.1, -0.05) is 0 Å². The monoisotopic (exact) mass is 168 g/mol. The number of carboxylic acid groups (broad SMARTS) is 1. The molecule has 4 N–H and O–H groups in total. The molecule has 0 rings (SSSR count). The highest BCUT2D eigenvalue weighted by molar-refractivity contribution is 7.87. The summed E-state index contributed by atoms with van der Waals surface area (Å²) >= 11 is 0. The highest BCUT2D eigenvalue weighted by Crippen LogP contribution is 1.81. The topological polar surface area (TPSA) is 109 Å². The minimum atomic E-state index is -3.90.